The Bertz CT molecular complexity index is 579. The summed E-state index contributed by atoms with van der Waals surface area (Å²) in [6.45, 7) is 11.9. The average molecular weight is 306 g/mol. The summed E-state index contributed by atoms with van der Waals surface area (Å²) in [5.41, 5.74) is 2.56. The van der Waals surface area contributed by atoms with Crippen LogP contribution in [0.5, 0.6) is 0 Å². The van der Waals surface area contributed by atoms with Crippen LogP contribution in [0.2, 0.25) is 0 Å². The average Bonchev–Trinajstić information content (AvgIpc) is 2.58. The van der Waals surface area contributed by atoms with Crippen LogP contribution in [0.3, 0.4) is 0 Å². The van der Waals surface area contributed by atoms with Gasteiger partial charge in [0, 0.05) is 11.8 Å². The lowest BCUT2D eigenvalue weighted by Crippen LogP contribution is -2.16. The molecule has 0 heterocycles. The molecule has 0 aromatic carbocycles. The van der Waals surface area contributed by atoms with Crippen LogP contribution in [-0.2, 0) is 4.74 Å². The molecule has 2 rings (SSSR count). The minimum absolute atomic E-state index is 0.243. The van der Waals surface area contributed by atoms with Crippen LogP contribution in [0.15, 0.2) is 96.6 Å². The summed E-state index contributed by atoms with van der Waals surface area (Å²) in [6, 6.07) is 0. The van der Waals surface area contributed by atoms with Gasteiger partial charge in [-0.15, -0.1) is 13.2 Å². The maximum absolute atomic E-state index is 6.37. The maximum atomic E-state index is 6.37. The SMILES string of the molecule is C=CCC1C(=CC)C=CC=C1OC1=CC=CC(=CC)C1CC=C. The normalized spacial score (nSPS) is 26.9. The number of allylic oxidation sites excluding steroid dienone is 12. The van der Waals surface area contributed by atoms with E-state index < -0.39 is 0 Å². The highest BCUT2D eigenvalue weighted by atomic mass is 16.5. The van der Waals surface area contributed by atoms with E-state index in [2.05, 4.69) is 75.6 Å². The second-order valence-electron chi connectivity index (χ2n) is 5.69. The molecule has 0 amide bonds. The fourth-order valence-electron chi connectivity index (χ4n) is 3.08. The van der Waals surface area contributed by atoms with Crippen LogP contribution >= 0.6 is 0 Å². The van der Waals surface area contributed by atoms with Crippen molar-refractivity contribution >= 4 is 0 Å². The van der Waals surface area contributed by atoms with Gasteiger partial charge in [-0.25, -0.2) is 0 Å². The molecule has 0 aromatic heterocycles. The van der Waals surface area contributed by atoms with Gasteiger partial charge in [0.2, 0.25) is 0 Å². The largest absolute Gasteiger partial charge is 0.465 e. The molecule has 0 saturated heterocycles. The van der Waals surface area contributed by atoms with E-state index in [0.29, 0.717) is 0 Å². The van der Waals surface area contributed by atoms with Crippen LogP contribution in [0.25, 0.3) is 0 Å². The zero-order valence-electron chi connectivity index (χ0n) is 14.2. The van der Waals surface area contributed by atoms with E-state index >= 15 is 0 Å². The van der Waals surface area contributed by atoms with Crippen molar-refractivity contribution in [2.24, 2.45) is 11.8 Å². The summed E-state index contributed by atoms with van der Waals surface area (Å²) >= 11 is 0. The first-order chi connectivity index (χ1) is 11.2. The molecular formula is C22H26O. The first kappa shape index (κ1) is 17.1. The molecule has 2 atom stereocenters. The predicted octanol–water partition coefficient (Wildman–Crippen LogP) is 6.19. The molecule has 2 unspecified atom stereocenters. The van der Waals surface area contributed by atoms with Crippen molar-refractivity contribution in [3.05, 3.63) is 96.6 Å². The Morgan fingerprint density at radius 1 is 0.870 bits per heavy atom. The Morgan fingerprint density at radius 2 is 1.30 bits per heavy atom. The second kappa shape index (κ2) is 8.38. The van der Waals surface area contributed by atoms with Gasteiger partial charge in [-0.1, -0.05) is 48.6 Å². The van der Waals surface area contributed by atoms with Gasteiger partial charge in [-0.3, -0.25) is 0 Å². The van der Waals surface area contributed by atoms with E-state index in [1.807, 2.05) is 12.2 Å². The van der Waals surface area contributed by atoms with Crippen LogP contribution in [-0.4, -0.2) is 0 Å². The minimum atomic E-state index is 0.243. The van der Waals surface area contributed by atoms with Crippen molar-refractivity contribution in [3.8, 4) is 0 Å². The predicted molar refractivity (Wildman–Crippen MR) is 99.7 cm³/mol. The van der Waals surface area contributed by atoms with E-state index in [4.69, 9.17) is 4.74 Å². The fraction of sp³-hybridized carbons (Fsp3) is 0.273. The molecule has 0 radical (unpaired) electrons. The van der Waals surface area contributed by atoms with Gasteiger partial charge in [0.1, 0.15) is 11.5 Å². The molecular weight excluding hydrogens is 280 g/mol. The Morgan fingerprint density at radius 3 is 1.65 bits per heavy atom. The lowest BCUT2D eigenvalue weighted by Gasteiger charge is -2.29. The van der Waals surface area contributed by atoms with Crippen molar-refractivity contribution in [3.63, 3.8) is 0 Å². The van der Waals surface area contributed by atoms with Gasteiger partial charge in [-0.2, -0.15) is 0 Å². The third-order valence-corrected chi connectivity index (χ3v) is 4.30. The molecule has 0 saturated carbocycles. The van der Waals surface area contributed by atoms with Gasteiger partial charge in [0.25, 0.3) is 0 Å². The third-order valence-electron chi connectivity index (χ3n) is 4.30. The Kier molecular flexibility index (Phi) is 6.22. The van der Waals surface area contributed by atoms with E-state index in [0.717, 1.165) is 24.4 Å². The van der Waals surface area contributed by atoms with Crippen LogP contribution < -0.4 is 0 Å². The number of rotatable bonds is 6. The zero-order chi connectivity index (χ0) is 16.7. The molecule has 120 valence electrons. The topological polar surface area (TPSA) is 9.23 Å². The molecule has 0 fully saturated rings. The van der Waals surface area contributed by atoms with Gasteiger partial charge < -0.3 is 4.74 Å². The van der Waals surface area contributed by atoms with E-state index in [1.165, 1.54) is 11.1 Å². The molecule has 23 heavy (non-hydrogen) atoms. The summed E-state index contributed by atoms with van der Waals surface area (Å²) in [6.07, 6.45) is 22.5. The van der Waals surface area contributed by atoms with Gasteiger partial charge in [0.05, 0.1) is 0 Å². The molecule has 1 heteroatoms. The molecule has 0 aliphatic heterocycles. The summed E-state index contributed by atoms with van der Waals surface area (Å²) in [7, 11) is 0. The van der Waals surface area contributed by atoms with E-state index in [-0.39, 0.29) is 11.8 Å². The zero-order valence-corrected chi connectivity index (χ0v) is 14.2. The number of hydrogen-bond donors (Lipinski definition) is 0. The second-order valence-corrected chi connectivity index (χ2v) is 5.69. The summed E-state index contributed by atoms with van der Waals surface area (Å²) in [5, 5.41) is 0. The first-order valence-corrected chi connectivity index (χ1v) is 8.23. The third kappa shape index (κ3) is 3.92. The highest BCUT2D eigenvalue weighted by molar-refractivity contribution is 5.40. The standard InChI is InChI=1S/C22H26O/c1-5-11-19-17(7-3)13-9-15-21(19)23-22-16-10-14-18(8-4)20(22)12-6-2/h5-10,13-16,19-20H,1-2,11-12H2,3-4H3. The monoisotopic (exact) mass is 306 g/mol. The van der Waals surface area contributed by atoms with E-state index in [9.17, 15) is 0 Å². The van der Waals surface area contributed by atoms with Gasteiger partial charge in [0.15, 0.2) is 0 Å². The smallest absolute Gasteiger partial charge is 0.111 e. The number of hydrogen-bond acceptors (Lipinski definition) is 1. The van der Waals surface area contributed by atoms with Crippen molar-refractivity contribution < 1.29 is 4.74 Å². The quantitative estimate of drug-likeness (QED) is 0.532. The van der Waals surface area contributed by atoms with Crippen LogP contribution in [0.1, 0.15) is 26.7 Å². The highest BCUT2D eigenvalue weighted by Crippen LogP contribution is 2.36. The van der Waals surface area contributed by atoms with Crippen molar-refractivity contribution in [1.29, 1.82) is 0 Å². The molecule has 0 aromatic rings. The van der Waals surface area contributed by atoms with Gasteiger partial charge >= 0.3 is 0 Å². The lowest BCUT2D eigenvalue weighted by atomic mass is 9.87. The number of ether oxygens (including phenoxy) is 1. The first-order valence-electron chi connectivity index (χ1n) is 8.23. The van der Waals surface area contributed by atoms with E-state index in [1.54, 1.807) is 0 Å². The molecule has 0 bridgehead atoms. The van der Waals surface area contributed by atoms with Crippen molar-refractivity contribution in [2.45, 2.75) is 26.7 Å². The minimum Gasteiger partial charge on any atom is -0.465 e. The Labute approximate surface area is 140 Å². The van der Waals surface area contributed by atoms with Crippen LogP contribution in [0, 0.1) is 11.8 Å². The molecule has 0 spiro atoms. The van der Waals surface area contributed by atoms with Crippen LogP contribution in [0.4, 0.5) is 0 Å². The Balaban J connectivity index is 2.28. The molecule has 2 aliphatic carbocycles. The molecule has 2 aliphatic rings. The lowest BCUT2D eigenvalue weighted by molar-refractivity contribution is 0.234. The maximum Gasteiger partial charge on any atom is 0.111 e. The summed E-state index contributed by atoms with van der Waals surface area (Å²) in [5.74, 6) is 2.47. The van der Waals surface area contributed by atoms with Crippen molar-refractivity contribution in [1.82, 2.24) is 0 Å². The molecule has 0 N–H and O–H groups in total. The fourth-order valence-corrected chi connectivity index (χ4v) is 3.08. The van der Waals surface area contributed by atoms with Crippen molar-refractivity contribution in [2.75, 3.05) is 0 Å². The summed E-state index contributed by atoms with van der Waals surface area (Å²) < 4.78 is 6.37. The summed E-state index contributed by atoms with van der Waals surface area (Å²) in [4.78, 5) is 0. The van der Waals surface area contributed by atoms with Gasteiger partial charge in [-0.05, 0) is 50.0 Å². The highest BCUT2D eigenvalue weighted by Gasteiger charge is 2.25. The Hall–Kier alpha value is -2.28. The molecule has 1 nitrogen and oxygen atoms in total.